The van der Waals surface area contributed by atoms with Crippen LogP contribution in [0, 0.1) is 3.57 Å². The van der Waals surface area contributed by atoms with Crippen LogP contribution in [0.2, 0.25) is 4.34 Å². The second-order valence-corrected chi connectivity index (χ2v) is 7.33. The van der Waals surface area contributed by atoms with Gasteiger partial charge >= 0.3 is 0 Å². The smallest absolute Gasteiger partial charge is 0.107 e. The minimum Gasteiger partial charge on any atom is -0.309 e. The van der Waals surface area contributed by atoms with Crippen LogP contribution in [0.15, 0.2) is 34.8 Å². The largest absolute Gasteiger partial charge is 0.309 e. The maximum atomic E-state index is 6.09. The maximum absolute atomic E-state index is 6.09. The van der Waals surface area contributed by atoms with Gasteiger partial charge in [-0.3, -0.25) is 0 Å². The van der Waals surface area contributed by atoms with Crippen LogP contribution in [0.3, 0.4) is 0 Å². The zero-order chi connectivity index (χ0) is 12.4. The molecule has 90 valence electrons. The summed E-state index contributed by atoms with van der Waals surface area (Å²) in [5.74, 6) is 0. The number of hydrogen-bond donors (Lipinski definition) is 1. The van der Waals surface area contributed by atoms with Gasteiger partial charge in [-0.15, -0.1) is 11.3 Å². The lowest BCUT2D eigenvalue weighted by Crippen LogP contribution is -2.16. The first-order valence-electron chi connectivity index (χ1n) is 4.99. The molecule has 0 aliphatic carbocycles. The second-order valence-electron chi connectivity index (χ2n) is 3.54. The summed E-state index contributed by atoms with van der Waals surface area (Å²) < 4.78 is 3.00. The number of benzene rings is 1. The molecule has 1 unspecified atom stereocenters. The average Bonchev–Trinajstić information content (AvgIpc) is 2.63. The summed E-state index contributed by atoms with van der Waals surface area (Å²) in [6, 6.07) is 10.8. The highest BCUT2D eigenvalue weighted by Gasteiger charge is 2.16. The summed E-state index contributed by atoms with van der Waals surface area (Å²) in [4.78, 5) is 1.21. The molecule has 0 aliphatic heterocycles. The van der Waals surface area contributed by atoms with E-state index in [2.05, 4.69) is 74.2 Å². The Kier molecular flexibility index (Phi) is 4.88. The summed E-state index contributed by atoms with van der Waals surface area (Å²) in [5, 5.41) is 3.32. The fraction of sp³-hybridized carbons (Fsp3) is 0.167. The molecule has 1 atom stereocenters. The summed E-state index contributed by atoms with van der Waals surface area (Å²) >= 11 is 13.4. The number of hydrogen-bond acceptors (Lipinski definition) is 2. The number of rotatable bonds is 3. The Morgan fingerprint density at radius 1 is 1.35 bits per heavy atom. The zero-order valence-corrected chi connectivity index (χ0v) is 14.3. The molecule has 0 saturated heterocycles. The molecular formula is C12H10BrClINS. The molecule has 1 N–H and O–H groups in total. The van der Waals surface area contributed by atoms with Crippen molar-refractivity contribution in [2.75, 3.05) is 7.05 Å². The first-order valence-corrected chi connectivity index (χ1v) is 8.06. The molecule has 0 spiro atoms. The third-order valence-corrected chi connectivity index (χ3v) is 5.70. The Morgan fingerprint density at radius 2 is 2.00 bits per heavy atom. The highest BCUT2D eigenvalue weighted by Crippen LogP contribution is 2.37. The van der Waals surface area contributed by atoms with Crippen LogP contribution in [0.4, 0.5) is 0 Å². The molecule has 0 aliphatic rings. The van der Waals surface area contributed by atoms with E-state index in [1.54, 1.807) is 11.3 Å². The summed E-state index contributed by atoms with van der Waals surface area (Å²) in [7, 11) is 1.96. The summed E-state index contributed by atoms with van der Waals surface area (Å²) in [5.41, 5.74) is 1.25. The van der Waals surface area contributed by atoms with Crippen LogP contribution in [0.25, 0.3) is 0 Å². The monoisotopic (exact) mass is 441 g/mol. The number of nitrogens with one attached hydrogen (secondary N) is 1. The third-order valence-electron chi connectivity index (χ3n) is 2.44. The van der Waals surface area contributed by atoms with E-state index < -0.39 is 0 Å². The van der Waals surface area contributed by atoms with Crippen LogP contribution in [-0.4, -0.2) is 7.05 Å². The van der Waals surface area contributed by atoms with E-state index in [0.29, 0.717) is 0 Å². The van der Waals surface area contributed by atoms with Crippen molar-refractivity contribution in [1.82, 2.24) is 5.32 Å². The molecule has 1 aromatic heterocycles. The van der Waals surface area contributed by atoms with Crippen LogP contribution >= 0.6 is 61.5 Å². The SMILES string of the molecule is CNC(c1ccc(I)cc1)c1cc(Br)c(Cl)s1. The Morgan fingerprint density at radius 3 is 2.47 bits per heavy atom. The summed E-state index contributed by atoms with van der Waals surface area (Å²) in [6.07, 6.45) is 0. The Bertz CT molecular complexity index is 492. The molecule has 2 rings (SSSR count). The van der Waals surface area contributed by atoms with Crippen molar-refractivity contribution in [2.24, 2.45) is 0 Å². The van der Waals surface area contributed by atoms with Crippen molar-refractivity contribution in [1.29, 1.82) is 0 Å². The third kappa shape index (κ3) is 3.23. The van der Waals surface area contributed by atoms with E-state index in [4.69, 9.17) is 11.6 Å². The number of halogens is 3. The van der Waals surface area contributed by atoms with Crippen molar-refractivity contribution >= 4 is 61.5 Å². The fourth-order valence-electron chi connectivity index (χ4n) is 1.63. The van der Waals surface area contributed by atoms with Crippen molar-refractivity contribution in [3.8, 4) is 0 Å². The zero-order valence-electron chi connectivity index (χ0n) is 9.01. The molecule has 0 bridgehead atoms. The minimum atomic E-state index is 0.195. The van der Waals surface area contributed by atoms with E-state index in [9.17, 15) is 0 Å². The normalized spacial score (nSPS) is 12.7. The minimum absolute atomic E-state index is 0.195. The van der Waals surface area contributed by atoms with Gasteiger partial charge in [-0.25, -0.2) is 0 Å². The Balaban J connectivity index is 2.36. The number of thiophene rings is 1. The topological polar surface area (TPSA) is 12.0 Å². The van der Waals surface area contributed by atoms with E-state index in [1.165, 1.54) is 14.0 Å². The average molecular weight is 443 g/mol. The Hall–Kier alpha value is 0.380. The molecule has 1 aromatic carbocycles. The van der Waals surface area contributed by atoms with Gasteiger partial charge in [-0.05, 0) is 69.3 Å². The van der Waals surface area contributed by atoms with Gasteiger partial charge in [0.1, 0.15) is 4.34 Å². The van der Waals surface area contributed by atoms with Crippen molar-refractivity contribution < 1.29 is 0 Å². The maximum Gasteiger partial charge on any atom is 0.107 e. The van der Waals surface area contributed by atoms with Gasteiger partial charge in [0.2, 0.25) is 0 Å². The first-order chi connectivity index (χ1) is 8.11. The van der Waals surface area contributed by atoms with Crippen LogP contribution in [0.5, 0.6) is 0 Å². The lowest BCUT2D eigenvalue weighted by atomic mass is 10.1. The van der Waals surface area contributed by atoms with Crippen LogP contribution < -0.4 is 5.32 Å². The van der Waals surface area contributed by atoms with Crippen molar-refractivity contribution in [2.45, 2.75) is 6.04 Å². The molecule has 5 heteroatoms. The molecule has 17 heavy (non-hydrogen) atoms. The van der Waals surface area contributed by atoms with Crippen LogP contribution in [-0.2, 0) is 0 Å². The van der Waals surface area contributed by atoms with E-state index in [1.807, 2.05) is 7.05 Å². The molecule has 0 radical (unpaired) electrons. The van der Waals surface area contributed by atoms with Crippen molar-refractivity contribution in [3.63, 3.8) is 0 Å². The van der Waals surface area contributed by atoms with Gasteiger partial charge in [-0.2, -0.15) is 0 Å². The molecule has 1 heterocycles. The van der Waals surface area contributed by atoms with Gasteiger partial charge < -0.3 is 5.32 Å². The molecular weight excluding hydrogens is 432 g/mol. The lowest BCUT2D eigenvalue weighted by Gasteiger charge is -2.14. The first kappa shape index (κ1) is 13.8. The summed E-state index contributed by atoms with van der Waals surface area (Å²) in [6.45, 7) is 0. The molecule has 0 fully saturated rings. The second kappa shape index (κ2) is 6.02. The highest BCUT2D eigenvalue weighted by atomic mass is 127. The van der Waals surface area contributed by atoms with Crippen molar-refractivity contribution in [3.05, 3.63) is 53.2 Å². The predicted octanol–water partition coefficient (Wildman–Crippen LogP) is 5.08. The van der Waals surface area contributed by atoms with Gasteiger partial charge in [0.05, 0.1) is 6.04 Å². The molecule has 0 amide bonds. The van der Waals surface area contributed by atoms with E-state index >= 15 is 0 Å². The van der Waals surface area contributed by atoms with Crippen LogP contribution in [0.1, 0.15) is 16.5 Å². The van der Waals surface area contributed by atoms with E-state index in [-0.39, 0.29) is 6.04 Å². The lowest BCUT2D eigenvalue weighted by molar-refractivity contribution is 0.703. The molecule has 0 saturated carbocycles. The van der Waals surface area contributed by atoms with Gasteiger partial charge in [-0.1, -0.05) is 23.7 Å². The predicted molar refractivity (Wildman–Crippen MR) is 87.1 cm³/mol. The molecule has 2 aromatic rings. The van der Waals surface area contributed by atoms with Gasteiger partial charge in [0.25, 0.3) is 0 Å². The fourth-order valence-corrected chi connectivity index (χ4v) is 3.87. The quantitative estimate of drug-likeness (QED) is 0.654. The van der Waals surface area contributed by atoms with Gasteiger partial charge in [0, 0.05) is 12.9 Å². The standard InChI is InChI=1S/C12H10BrClINS/c1-16-11(7-2-4-8(15)5-3-7)10-6-9(13)12(14)17-10/h2-6,11,16H,1H3. The molecule has 1 nitrogen and oxygen atoms in total. The van der Waals surface area contributed by atoms with Gasteiger partial charge in [0.15, 0.2) is 0 Å². The van der Waals surface area contributed by atoms with E-state index in [0.717, 1.165) is 8.81 Å². The Labute approximate surface area is 132 Å². The highest BCUT2D eigenvalue weighted by molar-refractivity contribution is 14.1.